The Kier molecular flexibility index (Phi) is 6.70. The van der Waals surface area contributed by atoms with Crippen molar-refractivity contribution in [3.8, 4) is 0 Å². The number of rotatable bonds is 8. The number of carboxylic acids is 1. The van der Waals surface area contributed by atoms with Gasteiger partial charge >= 0.3 is 11.9 Å². The van der Waals surface area contributed by atoms with Crippen LogP contribution in [0.5, 0.6) is 0 Å². The van der Waals surface area contributed by atoms with Crippen molar-refractivity contribution in [3.05, 3.63) is 65.2 Å². The fraction of sp³-hybridized carbons (Fsp3) is 0.440. The second kappa shape index (κ2) is 9.10. The number of ether oxygens (including phenoxy) is 2. The van der Waals surface area contributed by atoms with E-state index in [0.29, 0.717) is 0 Å². The van der Waals surface area contributed by atoms with Crippen LogP contribution in [0.15, 0.2) is 48.5 Å². The predicted octanol–water partition coefficient (Wildman–Crippen LogP) is 4.80. The van der Waals surface area contributed by atoms with E-state index in [9.17, 15) is 14.7 Å². The van der Waals surface area contributed by atoms with Crippen LogP contribution in [0.1, 0.15) is 62.2 Å². The number of fused-ring (bicyclic) bond motifs is 1. The van der Waals surface area contributed by atoms with Gasteiger partial charge in [-0.15, -0.1) is 0 Å². The van der Waals surface area contributed by atoms with Gasteiger partial charge in [-0.05, 0) is 49.1 Å². The van der Waals surface area contributed by atoms with Gasteiger partial charge in [-0.3, -0.25) is 0 Å². The van der Waals surface area contributed by atoms with Crippen LogP contribution in [0, 0.1) is 5.92 Å². The number of nitrogens with one attached hydrogen (secondary N) is 1. The lowest BCUT2D eigenvalue weighted by molar-refractivity contribution is -0.168. The van der Waals surface area contributed by atoms with Crippen molar-refractivity contribution in [3.63, 3.8) is 0 Å². The van der Waals surface area contributed by atoms with Gasteiger partial charge in [0, 0.05) is 17.1 Å². The van der Waals surface area contributed by atoms with Crippen LogP contribution < -0.4 is 5.32 Å². The number of benzene rings is 2. The van der Waals surface area contributed by atoms with Gasteiger partial charge in [0.05, 0.1) is 18.3 Å². The number of anilines is 1. The zero-order chi connectivity index (χ0) is 22.8. The molecule has 0 radical (unpaired) electrons. The summed E-state index contributed by atoms with van der Waals surface area (Å²) >= 11 is 0. The van der Waals surface area contributed by atoms with E-state index in [1.165, 1.54) is 0 Å². The molecule has 4 unspecified atom stereocenters. The molecule has 2 N–H and O–H groups in total. The predicted molar refractivity (Wildman–Crippen MR) is 119 cm³/mol. The van der Waals surface area contributed by atoms with Crippen molar-refractivity contribution in [1.82, 2.24) is 0 Å². The lowest BCUT2D eigenvalue weighted by Crippen LogP contribution is -2.44. The molecule has 0 bridgehead atoms. The highest BCUT2D eigenvalue weighted by atomic mass is 16.6. The zero-order valence-corrected chi connectivity index (χ0v) is 18.7. The standard InChI is InChI=1S/C25H31NO5/c1-6-30-24(29)21(15(2)3)31-22(17-10-8-7-9-11-17)25(5)16(4)26-20-13-12-18(23(27)28)14-19(20)25/h7-16,21-22,26H,6H2,1-5H3,(H,27,28). The molecule has 2 aromatic carbocycles. The first-order chi connectivity index (χ1) is 14.7. The normalized spacial score (nSPS) is 21.8. The highest BCUT2D eigenvalue weighted by Gasteiger charge is 2.50. The maximum absolute atomic E-state index is 12.7. The molecule has 0 aliphatic carbocycles. The molecule has 4 atom stereocenters. The lowest BCUT2D eigenvalue weighted by atomic mass is 9.71. The third-order valence-electron chi connectivity index (χ3n) is 6.17. The summed E-state index contributed by atoms with van der Waals surface area (Å²) in [7, 11) is 0. The first kappa shape index (κ1) is 22.8. The Labute approximate surface area is 183 Å². The Morgan fingerprint density at radius 1 is 1.16 bits per heavy atom. The van der Waals surface area contributed by atoms with E-state index >= 15 is 0 Å². The van der Waals surface area contributed by atoms with Gasteiger partial charge in [0.2, 0.25) is 0 Å². The molecule has 31 heavy (non-hydrogen) atoms. The quantitative estimate of drug-likeness (QED) is 0.591. The summed E-state index contributed by atoms with van der Waals surface area (Å²) in [6.45, 7) is 10.0. The monoisotopic (exact) mass is 425 g/mol. The topological polar surface area (TPSA) is 84.9 Å². The molecule has 0 amide bonds. The van der Waals surface area contributed by atoms with Crippen LogP contribution in [-0.4, -0.2) is 35.8 Å². The summed E-state index contributed by atoms with van der Waals surface area (Å²) in [6, 6.07) is 14.8. The number of carboxylic acid groups (broad SMARTS) is 1. The van der Waals surface area contributed by atoms with Crippen molar-refractivity contribution >= 4 is 17.6 Å². The molecule has 6 heteroatoms. The van der Waals surface area contributed by atoms with Crippen molar-refractivity contribution in [2.75, 3.05) is 11.9 Å². The fourth-order valence-corrected chi connectivity index (χ4v) is 4.28. The molecule has 0 saturated heterocycles. The van der Waals surface area contributed by atoms with Gasteiger partial charge in [-0.1, -0.05) is 51.1 Å². The molecule has 3 rings (SSSR count). The molecule has 1 heterocycles. The van der Waals surface area contributed by atoms with Crippen molar-refractivity contribution in [1.29, 1.82) is 0 Å². The van der Waals surface area contributed by atoms with E-state index in [1.807, 2.05) is 44.2 Å². The number of esters is 1. The average Bonchev–Trinajstić information content (AvgIpc) is 2.99. The third kappa shape index (κ3) is 4.30. The molecule has 166 valence electrons. The van der Waals surface area contributed by atoms with Crippen LogP contribution in [0.2, 0.25) is 0 Å². The van der Waals surface area contributed by atoms with Crippen LogP contribution >= 0.6 is 0 Å². The lowest BCUT2D eigenvalue weighted by Gasteiger charge is -2.40. The van der Waals surface area contributed by atoms with Gasteiger partial charge in [0.25, 0.3) is 0 Å². The van der Waals surface area contributed by atoms with Gasteiger partial charge < -0.3 is 19.9 Å². The van der Waals surface area contributed by atoms with Crippen molar-refractivity contribution in [2.24, 2.45) is 5.92 Å². The molecule has 0 spiro atoms. The summed E-state index contributed by atoms with van der Waals surface area (Å²) in [6.07, 6.45) is -1.25. The SMILES string of the molecule is CCOC(=O)C(OC(c1ccccc1)C1(C)c2cc(C(=O)O)ccc2NC1C)C(C)C. The summed E-state index contributed by atoms with van der Waals surface area (Å²) in [4.78, 5) is 24.3. The summed E-state index contributed by atoms with van der Waals surface area (Å²) in [5.41, 5.74) is 2.25. The second-order valence-electron chi connectivity index (χ2n) is 8.56. The van der Waals surface area contributed by atoms with Crippen LogP contribution in [0.25, 0.3) is 0 Å². The summed E-state index contributed by atoms with van der Waals surface area (Å²) in [5, 5.41) is 13.0. The van der Waals surface area contributed by atoms with Gasteiger partial charge in [0.15, 0.2) is 6.10 Å². The first-order valence-corrected chi connectivity index (χ1v) is 10.7. The zero-order valence-electron chi connectivity index (χ0n) is 18.7. The van der Waals surface area contributed by atoms with Crippen molar-refractivity contribution in [2.45, 2.75) is 58.3 Å². The highest BCUT2D eigenvalue weighted by molar-refractivity contribution is 5.89. The van der Waals surface area contributed by atoms with Crippen LogP contribution in [-0.2, 0) is 19.7 Å². The first-order valence-electron chi connectivity index (χ1n) is 10.7. The average molecular weight is 426 g/mol. The molecular formula is C25H31NO5. The van der Waals surface area contributed by atoms with Gasteiger partial charge in [-0.25, -0.2) is 9.59 Å². The Balaban J connectivity index is 2.13. The second-order valence-corrected chi connectivity index (χ2v) is 8.56. The molecule has 2 aromatic rings. The van der Waals surface area contributed by atoms with Crippen LogP contribution in [0.4, 0.5) is 5.69 Å². The fourth-order valence-electron chi connectivity index (χ4n) is 4.28. The van der Waals surface area contributed by atoms with E-state index in [1.54, 1.807) is 25.1 Å². The minimum Gasteiger partial charge on any atom is -0.478 e. The van der Waals surface area contributed by atoms with E-state index < -0.39 is 23.6 Å². The van der Waals surface area contributed by atoms with Crippen LogP contribution in [0.3, 0.4) is 0 Å². The Hall–Kier alpha value is -2.86. The van der Waals surface area contributed by atoms with Gasteiger partial charge in [0.1, 0.15) is 0 Å². The van der Waals surface area contributed by atoms with Crippen molar-refractivity contribution < 1.29 is 24.2 Å². The van der Waals surface area contributed by atoms with Gasteiger partial charge in [-0.2, -0.15) is 0 Å². The van der Waals surface area contributed by atoms with E-state index in [-0.39, 0.29) is 30.1 Å². The molecule has 0 saturated carbocycles. The number of carbonyl (C=O) groups is 2. The molecule has 1 aliphatic rings. The highest BCUT2D eigenvalue weighted by Crippen LogP contribution is 2.51. The summed E-state index contributed by atoms with van der Waals surface area (Å²) < 4.78 is 11.9. The Morgan fingerprint density at radius 2 is 1.84 bits per heavy atom. The maximum atomic E-state index is 12.7. The number of hydrogen-bond acceptors (Lipinski definition) is 5. The Morgan fingerprint density at radius 3 is 2.42 bits per heavy atom. The van der Waals surface area contributed by atoms with E-state index in [2.05, 4.69) is 19.2 Å². The third-order valence-corrected chi connectivity index (χ3v) is 6.17. The number of hydrogen-bond donors (Lipinski definition) is 2. The maximum Gasteiger partial charge on any atom is 0.335 e. The largest absolute Gasteiger partial charge is 0.478 e. The number of carbonyl (C=O) groups excluding carboxylic acids is 1. The molecular weight excluding hydrogens is 394 g/mol. The minimum atomic E-state index is -0.978. The summed E-state index contributed by atoms with van der Waals surface area (Å²) in [5.74, 6) is -1.46. The van der Waals surface area contributed by atoms with E-state index in [0.717, 1.165) is 16.8 Å². The molecule has 0 aromatic heterocycles. The molecule has 0 fully saturated rings. The molecule has 6 nitrogen and oxygen atoms in total. The minimum absolute atomic E-state index is 0.0632. The smallest absolute Gasteiger partial charge is 0.335 e. The van der Waals surface area contributed by atoms with E-state index in [4.69, 9.17) is 9.47 Å². The number of aromatic carboxylic acids is 1. The Bertz CT molecular complexity index is 942. The molecule has 1 aliphatic heterocycles.